The van der Waals surface area contributed by atoms with Gasteiger partial charge in [-0.15, -0.1) is 0 Å². The third-order valence-corrected chi connectivity index (χ3v) is 4.56. The van der Waals surface area contributed by atoms with Crippen LogP contribution in [0.25, 0.3) is 0 Å². The van der Waals surface area contributed by atoms with E-state index < -0.39 is 5.97 Å². The van der Waals surface area contributed by atoms with Crippen LogP contribution in [0.5, 0.6) is 0 Å². The van der Waals surface area contributed by atoms with Crippen LogP contribution in [0.1, 0.15) is 19.0 Å². The van der Waals surface area contributed by atoms with Gasteiger partial charge in [-0.3, -0.25) is 14.7 Å². The molecule has 1 fully saturated rings. The van der Waals surface area contributed by atoms with E-state index in [-0.39, 0.29) is 12.0 Å². The van der Waals surface area contributed by atoms with Gasteiger partial charge in [-0.2, -0.15) is 0 Å². The number of hydrogen-bond acceptors (Lipinski definition) is 3. The number of aromatic nitrogens is 1. The van der Waals surface area contributed by atoms with E-state index in [0.29, 0.717) is 13.0 Å². The molecular weight excluding hydrogens is 364 g/mol. The first-order valence-corrected chi connectivity index (χ1v) is 7.34. The van der Waals surface area contributed by atoms with E-state index in [4.69, 9.17) is 5.11 Å². The van der Waals surface area contributed by atoms with E-state index in [2.05, 4.69) is 41.7 Å². The number of likely N-dealkylation sites (tertiary alicyclic amines) is 1. The van der Waals surface area contributed by atoms with Crippen LogP contribution in [-0.2, 0) is 11.3 Å². The maximum atomic E-state index is 11.1. The van der Waals surface area contributed by atoms with Gasteiger partial charge in [0.15, 0.2) is 0 Å². The van der Waals surface area contributed by atoms with E-state index in [1.807, 2.05) is 13.0 Å². The molecule has 4 nitrogen and oxygen atoms in total. The summed E-state index contributed by atoms with van der Waals surface area (Å²) >= 11 is 6.85. The third-order valence-electron chi connectivity index (χ3n) is 3.44. The average molecular weight is 378 g/mol. The summed E-state index contributed by atoms with van der Waals surface area (Å²) in [5.74, 6) is -0.966. The van der Waals surface area contributed by atoms with Crippen LogP contribution < -0.4 is 0 Å². The standard InChI is InChI=1S/C12H14Br2N2O2/c1-7-9(12(17)18)2-3-16(7)6-11-10(14)4-8(13)5-15-11/h4-5,7,9H,2-3,6H2,1H3,(H,17,18). The van der Waals surface area contributed by atoms with Crippen molar-refractivity contribution in [1.29, 1.82) is 0 Å². The lowest BCUT2D eigenvalue weighted by Crippen LogP contribution is -2.32. The Labute approximate surface area is 123 Å². The van der Waals surface area contributed by atoms with Gasteiger partial charge in [-0.25, -0.2) is 0 Å². The minimum absolute atomic E-state index is 0.0554. The molecule has 0 aliphatic carbocycles. The zero-order valence-electron chi connectivity index (χ0n) is 9.94. The minimum atomic E-state index is -0.701. The highest BCUT2D eigenvalue weighted by molar-refractivity contribution is 9.11. The molecule has 2 rings (SSSR count). The van der Waals surface area contributed by atoms with Crippen molar-refractivity contribution in [2.24, 2.45) is 5.92 Å². The van der Waals surface area contributed by atoms with Crippen molar-refractivity contribution < 1.29 is 9.90 Å². The molecule has 1 aliphatic rings. The molecule has 1 saturated heterocycles. The Morgan fingerprint density at radius 1 is 1.61 bits per heavy atom. The number of carboxylic acids is 1. The number of rotatable bonds is 3. The SMILES string of the molecule is CC1C(C(=O)O)CCN1Cc1ncc(Br)cc1Br. The van der Waals surface area contributed by atoms with Crippen molar-refractivity contribution in [2.45, 2.75) is 25.9 Å². The molecule has 0 bridgehead atoms. The van der Waals surface area contributed by atoms with E-state index in [0.717, 1.165) is 21.2 Å². The molecule has 0 radical (unpaired) electrons. The maximum Gasteiger partial charge on any atom is 0.308 e. The summed E-state index contributed by atoms with van der Waals surface area (Å²) in [6.07, 6.45) is 2.47. The number of nitrogens with zero attached hydrogens (tertiary/aromatic N) is 2. The molecule has 1 N–H and O–H groups in total. The Balaban J connectivity index is 2.09. The summed E-state index contributed by atoms with van der Waals surface area (Å²) in [5, 5.41) is 9.10. The lowest BCUT2D eigenvalue weighted by atomic mass is 10.0. The molecule has 2 heterocycles. The number of pyridine rings is 1. The van der Waals surface area contributed by atoms with Crippen LogP contribution in [0.4, 0.5) is 0 Å². The summed E-state index contributed by atoms with van der Waals surface area (Å²) in [6.45, 7) is 3.46. The van der Waals surface area contributed by atoms with E-state index in [9.17, 15) is 4.79 Å². The largest absolute Gasteiger partial charge is 0.481 e. The van der Waals surface area contributed by atoms with Crippen LogP contribution in [-0.4, -0.2) is 33.5 Å². The summed E-state index contributed by atoms with van der Waals surface area (Å²) in [6, 6.07) is 2.01. The predicted octanol–water partition coefficient (Wildman–Crippen LogP) is 2.90. The van der Waals surface area contributed by atoms with Crippen molar-refractivity contribution in [3.8, 4) is 0 Å². The number of carboxylic acid groups (broad SMARTS) is 1. The van der Waals surface area contributed by atoms with Crippen LogP contribution >= 0.6 is 31.9 Å². The van der Waals surface area contributed by atoms with Gasteiger partial charge in [0, 0.05) is 27.7 Å². The minimum Gasteiger partial charge on any atom is -0.481 e. The third kappa shape index (κ3) is 2.92. The molecule has 2 unspecified atom stereocenters. The molecule has 0 aromatic carbocycles. The van der Waals surface area contributed by atoms with Gasteiger partial charge >= 0.3 is 5.97 Å². The van der Waals surface area contributed by atoms with Crippen LogP contribution in [0, 0.1) is 5.92 Å². The molecule has 1 aliphatic heterocycles. The first-order valence-electron chi connectivity index (χ1n) is 5.76. The first-order chi connectivity index (χ1) is 8.49. The van der Waals surface area contributed by atoms with Crippen molar-refractivity contribution in [2.75, 3.05) is 6.54 Å². The number of halogens is 2. The van der Waals surface area contributed by atoms with Crippen LogP contribution in [0.3, 0.4) is 0 Å². The summed E-state index contributed by atoms with van der Waals surface area (Å²) < 4.78 is 1.87. The zero-order valence-corrected chi connectivity index (χ0v) is 13.1. The summed E-state index contributed by atoms with van der Waals surface area (Å²) in [7, 11) is 0. The molecule has 98 valence electrons. The Morgan fingerprint density at radius 3 is 2.89 bits per heavy atom. The quantitative estimate of drug-likeness (QED) is 0.879. The Morgan fingerprint density at radius 2 is 2.33 bits per heavy atom. The Hall–Kier alpha value is -0.460. The molecule has 18 heavy (non-hydrogen) atoms. The van der Waals surface area contributed by atoms with Gasteiger partial charge < -0.3 is 5.11 Å². The highest BCUT2D eigenvalue weighted by Gasteiger charge is 2.35. The van der Waals surface area contributed by atoms with E-state index in [1.54, 1.807) is 6.20 Å². The molecule has 1 aromatic rings. The first kappa shape index (κ1) is 14.0. The monoisotopic (exact) mass is 376 g/mol. The van der Waals surface area contributed by atoms with Crippen molar-refractivity contribution in [3.05, 3.63) is 26.9 Å². The van der Waals surface area contributed by atoms with Crippen LogP contribution in [0.15, 0.2) is 21.2 Å². The van der Waals surface area contributed by atoms with E-state index >= 15 is 0 Å². The number of carbonyl (C=O) groups is 1. The highest BCUT2D eigenvalue weighted by Crippen LogP contribution is 2.28. The maximum absolute atomic E-state index is 11.1. The molecule has 0 amide bonds. The van der Waals surface area contributed by atoms with Gasteiger partial charge in [0.25, 0.3) is 0 Å². The zero-order chi connectivity index (χ0) is 13.3. The van der Waals surface area contributed by atoms with Gasteiger partial charge in [-0.1, -0.05) is 0 Å². The van der Waals surface area contributed by atoms with Crippen LogP contribution in [0.2, 0.25) is 0 Å². The molecule has 6 heteroatoms. The van der Waals surface area contributed by atoms with Gasteiger partial charge in [0.05, 0.1) is 11.6 Å². The van der Waals surface area contributed by atoms with Crippen molar-refractivity contribution in [1.82, 2.24) is 9.88 Å². The fourth-order valence-corrected chi connectivity index (χ4v) is 3.42. The number of hydrogen-bond donors (Lipinski definition) is 1. The average Bonchev–Trinajstić information content (AvgIpc) is 2.64. The molecule has 1 aromatic heterocycles. The lowest BCUT2D eigenvalue weighted by Gasteiger charge is -2.22. The molecule has 2 atom stereocenters. The molecular formula is C12H14Br2N2O2. The predicted molar refractivity (Wildman–Crippen MR) is 75.3 cm³/mol. The lowest BCUT2D eigenvalue weighted by molar-refractivity contribution is -0.142. The second-order valence-corrected chi connectivity index (χ2v) is 6.30. The molecule has 0 spiro atoms. The highest BCUT2D eigenvalue weighted by atomic mass is 79.9. The van der Waals surface area contributed by atoms with E-state index in [1.165, 1.54) is 0 Å². The fraction of sp³-hybridized carbons (Fsp3) is 0.500. The van der Waals surface area contributed by atoms with Gasteiger partial charge in [-0.05, 0) is 57.8 Å². The fourth-order valence-electron chi connectivity index (χ4n) is 2.31. The second kappa shape index (κ2) is 5.67. The summed E-state index contributed by atoms with van der Waals surface area (Å²) in [5.41, 5.74) is 0.941. The topological polar surface area (TPSA) is 53.4 Å². The smallest absolute Gasteiger partial charge is 0.308 e. The van der Waals surface area contributed by atoms with Gasteiger partial charge in [0.1, 0.15) is 0 Å². The van der Waals surface area contributed by atoms with Crippen molar-refractivity contribution >= 4 is 37.8 Å². The van der Waals surface area contributed by atoms with Gasteiger partial charge in [0.2, 0.25) is 0 Å². The molecule has 0 saturated carbocycles. The van der Waals surface area contributed by atoms with Crippen molar-refractivity contribution in [3.63, 3.8) is 0 Å². The number of aliphatic carboxylic acids is 1. The normalized spacial score (nSPS) is 24.4. The Kier molecular flexibility index (Phi) is 4.40. The second-order valence-electron chi connectivity index (χ2n) is 4.53. The summed E-state index contributed by atoms with van der Waals surface area (Å²) in [4.78, 5) is 17.6. The Bertz CT molecular complexity index is 467.